The molecule has 0 amide bonds. The fraction of sp³-hybridized carbons (Fsp3) is 0. The van der Waals surface area contributed by atoms with E-state index in [1.807, 2.05) is 6.07 Å². The van der Waals surface area contributed by atoms with Crippen molar-refractivity contribution in [1.82, 2.24) is 0 Å². The fourth-order valence-corrected chi connectivity index (χ4v) is 2.88. The number of benzene rings is 2. The summed E-state index contributed by atoms with van der Waals surface area (Å²) < 4.78 is 26.8. The second-order valence-electron chi connectivity index (χ2n) is 3.98. The monoisotopic (exact) mass is 307 g/mol. The first-order valence-corrected chi connectivity index (χ1v) is 7.36. The topological polar surface area (TPSA) is 96.0 Å². The minimum atomic E-state index is -3.81. The van der Waals surface area contributed by atoms with E-state index >= 15 is 0 Å². The number of rotatable bonds is 3. The molecule has 0 aromatic heterocycles. The molecule has 0 fully saturated rings. The van der Waals surface area contributed by atoms with E-state index < -0.39 is 10.0 Å². The van der Waals surface area contributed by atoms with Gasteiger partial charge in [0.15, 0.2) is 0 Å². The van der Waals surface area contributed by atoms with Crippen LogP contribution in [-0.2, 0) is 10.0 Å². The summed E-state index contributed by atoms with van der Waals surface area (Å²) in [6, 6.07) is 12.0. The predicted molar refractivity (Wildman–Crippen MR) is 77.8 cm³/mol. The van der Waals surface area contributed by atoms with Gasteiger partial charge in [-0.25, -0.2) is 8.42 Å². The van der Waals surface area contributed by atoms with Gasteiger partial charge in [0, 0.05) is 5.02 Å². The van der Waals surface area contributed by atoms with E-state index in [4.69, 9.17) is 22.6 Å². The Bertz CT molecular complexity index is 798. The number of anilines is 2. The molecule has 2 rings (SSSR count). The molecule has 3 N–H and O–H groups in total. The van der Waals surface area contributed by atoms with Gasteiger partial charge in [-0.1, -0.05) is 17.7 Å². The number of nitrogen functional groups attached to an aromatic ring is 1. The minimum Gasteiger partial charge on any atom is -0.397 e. The zero-order chi connectivity index (χ0) is 14.8. The van der Waals surface area contributed by atoms with Crippen molar-refractivity contribution in [3.05, 3.63) is 53.1 Å². The van der Waals surface area contributed by atoms with Gasteiger partial charge >= 0.3 is 0 Å². The van der Waals surface area contributed by atoms with E-state index in [1.165, 1.54) is 42.5 Å². The first kappa shape index (κ1) is 14.2. The van der Waals surface area contributed by atoms with Crippen LogP contribution in [0.1, 0.15) is 5.56 Å². The van der Waals surface area contributed by atoms with Crippen molar-refractivity contribution >= 4 is 33.0 Å². The molecule has 0 atom stereocenters. The van der Waals surface area contributed by atoms with Crippen molar-refractivity contribution < 1.29 is 8.42 Å². The van der Waals surface area contributed by atoms with Crippen molar-refractivity contribution in [3.63, 3.8) is 0 Å². The normalized spacial score (nSPS) is 10.8. The summed E-state index contributed by atoms with van der Waals surface area (Å²) in [5.41, 5.74) is 6.41. The van der Waals surface area contributed by atoms with Crippen LogP contribution in [0.5, 0.6) is 0 Å². The molecule has 0 bridgehead atoms. The lowest BCUT2D eigenvalue weighted by Crippen LogP contribution is -2.14. The van der Waals surface area contributed by atoms with Gasteiger partial charge in [0.2, 0.25) is 0 Å². The molecule has 7 heteroatoms. The van der Waals surface area contributed by atoms with Crippen molar-refractivity contribution in [3.8, 4) is 6.07 Å². The Labute approximate surface area is 121 Å². The fourth-order valence-electron chi connectivity index (χ4n) is 1.56. The van der Waals surface area contributed by atoms with E-state index in [-0.39, 0.29) is 21.8 Å². The largest absolute Gasteiger partial charge is 0.397 e. The summed E-state index contributed by atoms with van der Waals surface area (Å²) in [6.07, 6.45) is 0. The molecule has 0 unspecified atom stereocenters. The van der Waals surface area contributed by atoms with Gasteiger partial charge in [-0.2, -0.15) is 5.26 Å². The lowest BCUT2D eigenvalue weighted by Gasteiger charge is -2.10. The molecule has 0 saturated heterocycles. The van der Waals surface area contributed by atoms with Crippen LogP contribution in [0.3, 0.4) is 0 Å². The van der Waals surface area contributed by atoms with Gasteiger partial charge in [0.05, 0.1) is 27.9 Å². The van der Waals surface area contributed by atoms with Crippen LogP contribution in [0.4, 0.5) is 11.4 Å². The SMILES string of the molecule is N#Cc1cccc(S(=O)(=O)Nc2ccc(Cl)cc2N)c1. The number of nitrogens with zero attached hydrogens (tertiary/aromatic N) is 1. The number of halogens is 1. The number of hydrogen-bond donors (Lipinski definition) is 2. The van der Waals surface area contributed by atoms with Crippen LogP contribution in [0.2, 0.25) is 5.02 Å². The number of nitrogens with two attached hydrogens (primary N) is 1. The molecule has 0 aliphatic rings. The number of nitriles is 1. The smallest absolute Gasteiger partial charge is 0.262 e. The van der Waals surface area contributed by atoms with Gasteiger partial charge in [0.1, 0.15) is 0 Å². The third-order valence-electron chi connectivity index (χ3n) is 2.53. The van der Waals surface area contributed by atoms with E-state index in [0.29, 0.717) is 5.02 Å². The van der Waals surface area contributed by atoms with Crippen LogP contribution >= 0.6 is 11.6 Å². The van der Waals surface area contributed by atoms with Crippen LogP contribution in [0.25, 0.3) is 0 Å². The second kappa shape index (κ2) is 5.41. The van der Waals surface area contributed by atoms with Crippen molar-refractivity contribution in [2.24, 2.45) is 0 Å². The zero-order valence-corrected chi connectivity index (χ0v) is 11.7. The molecule has 0 aliphatic carbocycles. The molecule has 5 nitrogen and oxygen atoms in total. The Kier molecular flexibility index (Phi) is 3.84. The number of sulfonamides is 1. The molecule has 102 valence electrons. The summed E-state index contributed by atoms with van der Waals surface area (Å²) in [5, 5.41) is 9.21. The molecule has 0 heterocycles. The molecule has 20 heavy (non-hydrogen) atoms. The van der Waals surface area contributed by atoms with Gasteiger partial charge in [-0.05, 0) is 36.4 Å². The van der Waals surface area contributed by atoms with E-state index in [1.54, 1.807) is 0 Å². The summed E-state index contributed by atoms with van der Waals surface area (Å²) in [7, 11) is -3.81. The molecule has 0 saturated carbocycles. The molecule has 0 spiro atoms. The molecule has 0 radical (unpaired) electrons. The summed E-state index contributed by atoms with van der Waals surface area (Å²) >= 11 is 5.75. The van der Waals surface area contributed by atoms with Crippen LogP contribution in [0.15, 0.2) is 47.4 Å². The minimum absolute atomic E-state index is 0.00843. The Morgan fingerprint density at radius 1 is 1.20 bits per heavy atom. The third kappa shape index (κ3) is 3.02. The first-order chi connectivity index (χ1) is 9.42. The van der Waals surface area contributed by atoms with Gasteiger partial charge in [-0.15, -0.1) is 0 Å². The first-order valence-electron chi connectivity index (χ1n) is 5.50. The summed E-state index contributed by atoms with van der Waals surface area (Å²) in [4.78, 5) is -0.00843. The molecule has 2 aromatic carbocycles. The van der Waals surface area contributed by atoms with Crippen LogP contribution in [-0.4, -0.2) is 8.42 Å². The van der Waals surface area contributed by atoms with E-state index in [9.17, 15) is 8.42 Å². The molecular weight excluding hydrogens is 298 g/mol. The van der Waals surface area contributed by atoms with Crippen molar-refractivity contribution in [2.75, 3.05) is 10.5 Å². The van der Waals surface area contributed by atoms with Gasteiger partial charge in [0.25, 0.3) is 10.0 Å². The van der Waals surface area contributed by atoms with E-state index in [0.717, 1.165) is 0 Å². The third-order valence-corrected chi connectivity index (χ3v) is 4.13. The average Bonchev–Trinajstić information content (AvgIpc) is 2.42. The maximum atomic E-state index is 12.2. The summed E-state index contributed by atoms with van der Waals surface area (Å²) in [6.45, 7) is 0. The maximum absolute atomic E-state index is 12.2. The number of nitrogens with one attached hydrogen (secondary N) is 1. The predicted octanol–water partition coefficient (Wildman–Crippen LogP) is 2.59. The summed E-state index contributed by atoms with van der Waals surface area (Å²) in [5.74, 6) is 0. The second-order valence-corrected chi connectivity index (χ2v) is 6.10. The van der Waals surface area contributed by atoms with Gasteiger partial charge < -0.3 is 5.73 Å². The highest BCUT2D eigenvalue weighted by molar-refractivity contribution is 7.92. The standard InChI is InChI=1S/C13H10ClN3O2S/c14-10-4-5-13(12(16)7-10)17-20(18,19)11-3-1-2-9(6-11)8-15/h1-7,17H,16H2. The van der Waals surface area contributed by atoms with Crippen molar-refractivity contribution in [2.45, 2.75) is 4.90 Å². The highest BCUT2D eigenvalue weighted by atomic mass is 35.5. The maximum Gasteiger partial charge on any atom is 0.262 e. The molecule has 0 aliphatic heterocycles. The Balaban J connectivity index is 2.38. The van der Waals surface area contributed by atoms with Crippen molar-refractivity contribution in [1.29, 1.82) is 5.26 Å². The average molecular weight is 308 g/mol. The zero-order valence-electron chi connectivity index (χ0n) is 10.2. The quantitative estimate of drug-likeness (QED) is 0.852. The lowest BCUT2D eigenvalue weighted by atomic mass is 10.2. The number of hydrogen-bond acceptors (Lipinski definition) is 4. The van der Waals surface area contributed by atoms with Crippen LogP contribution in [0, 0.1) is 11.3 Å². The van der Waals surface area contributed by atoms with Gasteiger partial charge in [-0.3, -0.25) is 4.72 Å². The lowest BCUT2D eigenvalue weighted by molar-refractivity contribution is 0.601. The highest BCUT2D eigenvalue weighted by Gasteiger charge is 2.16. The molecular formula is C13H10ClN3O2S. The highest BCUT2D eigenvalue weighted by Crippen LogP contribution is 2.25. The molecule has 2 aromatic rings. The van der Waals surface area contributed by atoms with E-state index in [2.05, 4.69) is 4.72 Å². The Hall–Kier alpha value is -2.23. The Morgan fingerprint density at radius 3 is 2.60 bits per heavy atom. The Morgan fingerprint density at radius 2 is 1.95 bits per heavy atom. The van der Waals surface area contributed by atoms with Crippen LogP contribution < -0.4 is 10.5 Å².